The Morgan fingerprint density at radius 3 is 1.58 bits per heavy atom. The number of hydrogen-bond acceptors (Lipinski definition) is 7. The van der Waals surface area contributed by atoms with Crippen LogP contribution in [-0.4, -0.2) is 14.8 Å². The number of non-ortho nitro benzene ring substituents is 1. The van der Waals surface area contributed by atoms with Crippen LogP contribution in [0.1, 0.15) is 11.1 Å². The van der Waals surface area contributed by atoms with E-state index in [0.29, 0.717) is 12.1 Å². The van der Waals surface area contributed by atoms with E-state index in [9.17, 15) is 30.3 Å². The van der Waals surface area contributed by atoms with Crippen LogP contribution in [0.3, 0.4) is 0 Å². The molecule has 0 heterocycles. The highest BCUT2D eigenvalue weighted by atomic mass is 16.6. The van der Waals surface area contributed by atoms with E-state index in [1.165, 1.54) is 6.92 Å². The van der Waals surface area contributed by atoms with Gasteiger partial charge in [0, 0.05) is 5.69 Å². The molecule has 0 amide bonds. The number of nitrogens with two attached hydrogens (primary N) is 1. The number of aryl methyl sites for hydroxylation is 1. The van der Waals surface area contributed by atoms with Crippen LogP contribution in [-0.2, 0) is 0 Å². The molecule has 0 radical (unpaired) electrons. The number of nitro benzene ring substituents is 3. The summed E-state index contributed by atoms with van der Waals surface area (Å²) in [6.07, 6.45) is 0. The summed E-state index contributed by atoms with van der Waals surface area (Å²) < 4.78 is 0. The third kappa shape index (κ3) is 4.47. The van der Waals surface area contributed by atoms with Crippen LogP contribution in [0, 0.1) is 44.2 Å². The number of hydrogen-bond donors (Lipinski definition) is 1. The van der Waals surface area contributed by atoms with Crippen LogP contribution in [0.25, 0.3) is 0 Å². The van der Waals surface area contributed by atoms with Gasteiger partial charge in [0.15, 0.2) is 0 Å². The van der Waals surface area contributed by atoms with Crippen LogP contribution in [0.4, 0.5) is 22.7 Å². The first-order chi connectivity index (χ1) is 11.1. The molecule has 0 spiro atoms. The SMILES string of the molecule is Cc1c([N+](=O)[O-])cc([N+](=O)[O-])cc1[N+](=O)[O-].Cc1ccccc1N. The third-order valence-corrected chi connectivity index (χ3v) is 3.13. The van der Waals surface area contributed by atoms with Gasteiger partial charge in [0.1, 0.15) is 5.56 Å². The minimum absolute atomic E-state index is 0.208. The van der Waals surface area contributed by atoms with Gasteiger partial charge in [-0.2, -0.15) is 0 Å². The molecule has 0 atom stereocenters. The Kier molecular flexibility index (Phi) is 5.88. The summed E-state index contributed by atoms with van der Waals surface area (Å²) in [5.41, 5.74) is 5.37. The van der Waals surface area contributed by atoms with Crippen LogP contribution in [0.15, 0.2) is 36.4 Å². The Morgan fingerprint density at radius 1 is 0.833 bits per heavy atom. The van der Waals surface area contributed by atoms with Gasteiger partial charge in [-0.05, 0) is 25.5 Å². The lowest BCUT2D eigenvalue weighted by Crippen LogP contribution is -2.00. The van der Waals surface area contributed by atoms with Gasteiger partial charge < -0.3 is 5.73 Å². The van der Waals surface area contributed by atoms with Crippen molar-refractivity contribution in [3.63, 3.8) is 0 Å². The summed E-state index contributed by atoms with van der Waals surface area (Å²) in [7, 11) is 0. The zero-order valence-corrected chi connectivity index (χ0v) is 12.8. The van der Waals surface area contributed by atoms with Crippen molar-refractivity contribution in [3.8, 4) is 0 Å². The van der Waals surface area contributed by atoms with Crippen molar-refractivity contribution in [1.29, 1.82) is 0 Å². The first-order valence-electron chi connectivity index (χ1n) is 6.54. The number of para-hydroxylation sites is 1. The number of anilines is 1. The van der Waals surface area contributed by atoms with Crippen molar-refractivity contribution < 1.29 is 14.8 Å². The molecule has 24 heavy (non-hydrogen) atoms. The molecule has 0 saturated carbocycles. The molecule has 0 unspecified atom stereocenters. The molecule has 10 heteroatoms. The topological polar surface area (TPSA) is 155 Å². The average molecular weight is 334 g/mol. The van der Waals surface area contributed by atoms with Gasteiger partial charge in [-0.25, -0.2) is 0 Å². The highest BCUT2D eigenvalue weighted by Gasteiger charge is 2.27. The van der Waals surface area contributed by atoms with E-state index in [2.05, 4.69) is 0 Å². The third-order valence-electron chi connectivity index (χ3n) is 3.13. The maximum Gasteiger partial charge on any atom is 0.286 e. The molecule has 126 valence electrons. The zero-order chi connectivity index (χ0) is 18.4. The van der Waals surface area contributed by atoms with Gasteiger partial charge >= 0.3 is 0 Å². The minimum atomic E-state index is -0.917. The fourth-order valence-corrected chi connectivity index (χ4v) is 1.74. The van der Waals surface area contributed by atoms with E-state index < -0.39 is 31.8 Å². The Morgan fingerprint density at radius 2 is 1.29 bits per heavy atom. The number of nitrogens with zero attached hydrogens (tertiary/aromatic N) is 3. The Labute approximate surface area is 136 Å². The fraction of sp³-hybridized carbons (Fsp3) is 0.143. The number of nitrogen functional groups attached to an aromatic ring is 1. The number of nitro groups is 3. The lowest BCUT2D eigenvalue weighted by molar-refractivity contribution is -0.403. The van der Waals surface area contributed by atoms with Gasteiger partial charge in [0.05, 0.1) is 26.9 Å². The van der Waals surface area contributed by atoms with E-state index in [1.807, 2.05) is 31.2 Å². The smallest absolute Gasteiger partial charge is 0.286 e. The van der Waals surface area contributed by atoms with E-state index in [-0.39, 0.29) is 5.56 Å². The first kappa shape index (κ1) is 18.5. The van der Waals surface area contributed by atoms with Gasteiger partial charge in [-0.15, -0.1) is 0 Å². The molecule has 0 aliphatic carbocycles. The maximum absolute atomic E-state index is 10.5. The van der Waals surface area contributed by atoms with Crippen molar-refractivity contribution in [1.82, 2.24) is 0 Å². The largest absolute Gasteiger partial charge is 0.399 e. The fourth-order valence-electron chi connectivity index (χ4n) is 1.74. The number of rotatable bonds is 3. The van der Waals surface area contributed by atoms with Gasteiger partial charge in [-0.1, -0.05) is 18.2 Å². The average Bonchev–Trinajstić information content (AvgIpc) is 2.50. The van der Waals surface area contributed by atoms with Crippen molar-refractivity contribution in [3.05, 3.63) is 77.9 Å². The second-order valence-electron chi connectivity index (χ2n) is 4.74. The van der Waals surface area contributed by atoms with Gasteiger partial charge in [0.25, 0.3) is 17.1 Å². The second kappa shape index (κ2) is 7.63. The van der Waals surface area contributed by atoms with E-state index >= 15 is 0 Å². The lowest BCUT2D eigenvalue weighted by Gasteiger charge is -1.99. The predicted molar refractivity (Wildman–Crippen MR) is 86.7 cm³/mol. The molecule has 2 N–H and O–H groups in total. The molecule has 2 rings (SSSR count). The zero-order valence-electron chi connectivity index (χ0n) is 12.8. The van der Waals surface area contributed by atoms with Crippen molar-refractivity contribution >= 4 is 22.7 Å². The molecule has 10 nitrogen and oxygen atoms in total. The summed E-state index contributed by atoms with van der Waals surface area (Å²) in [6.45, 7) is 3.16. The predicted octanol–water partition coefficient (Wildman–Crippen LogP) is 3.30. The lowest BCUT2D eigenvalue weighted by atomic mass is 10.1. The molecule has 0 fully saturated rings. The normalized spacial score (nSPS) is 9.58. The summed E-state index contributed by atoms with van der Waals surface area (Å²) in [5.74, 6) is 0. The second-order valence-corrected chi connectivity index (χ2v) is 4.74. The summed E-state index contributed by atoms with van der Waals surface area (Å²) >= 11 is 0. The highest BCUT2D eigenvalue weighted by molar-refractivity contribution is 5.59. The van der Waals surface area contributed by atoms with Crippen LogP contribution < -0.4 is 5.73 Å². The van der Waals surface area contributed by atoms with Crippen LogP contribution in [0.2, 0.25) is 0 Å². The van der Waals surface area contributed by atoms with Gasteiger partial charge in [0.2, 0.25) is 0 Å². The molecule has 0 aliphatic heterocycles. The van der Waals surface area contributed by atoms with Crippen molar-refractivity contribution in [2.24, 2.45) is 0 Å². The quantitative estimate of drug-likeness (QED) is 0.512. The minimum Gasteiger partial charge on any atom is -0.399 e. The maximum atomic E-state index is 10.5. The van der Waals surface area contributed by atoms with Crippen molar-refractivity contribution in [2.45, 2.75) is 13.8 Å². The monoisotopic (exact) mass is 334 g/mol. The van der Waals surface area contributed by atoms with Crippen molar-refractivity contribution in [2.75, 3.05) is 5.73 Å². The molecule has 0 aliphatic rings. The van der Waals surface area contributed by atoms with E-state index in [4.69, 9.17) is 5.73 Å². The molecule has 2 aromatic carbocycles. The summed E-state index contributed by atoms with van der Waals surface area (Å²) in [4.78, 5) is 28.8. The van der Waals surface area contributed by atoms with Gasteiger partial charge in [-0.3, -0.25) is 30.3 Å². The van der Waals surface area contributed by atoms with Crippen LogP contribution in [0.5, 0.6) is 0 Å². The molecule has 0 saturated heterocycles. The molecular formula is C14H14N4O6. The van der Waals surface area contributed by atoms with E-state index in [0.717, 1.165) is 11.3 Å². The Balaban J connectivity index is 0.000000300. The molecule has 0 aromatic heterocycles. The molecule has 2 aromatic rings. The first-order valence-corrected chi connectivity index (χ1v) is 6.54. The van der Waals surface area contributed by atoms with Crippen LogP contribution >= 0.6 is 0 Å². The molecule has 0 bridgehead atoms. The highest BCUT2D eigenvalue weighted by Crippen LogP contribution is 2.32. The Bertz CT molecular complexity index is 750. The Hall–Kier alpha value is -3.56. The number of benzene rings is 2. The summed E-state index contributed by atoms with van der Waals surface area (Å²) in [6, 6.07) is 9.20. The molecular weight excluding hydrogens is 320 g/mol. The summed E-state index contributed by atoms with van der Waals surface area (Å²) in [5, 5.41) is 31.5. The standard InChI is InChI=1S/C7H5N3O6.C7H9N/c1-4-6(9(13)14)2-5(8(11)12)3-7(4)10(15)16;1-6-4-2-3-5-7(6)8/h2-3H,1H3;2-5H,8H2,1H3. The van der Waals surface area contributed by atoms with E-state index in [1.54, 1.807) is 0 Å².